The minimum atomic E-state index is 0.104. The summed E-state index contributed by atoms with van der Waals surface area (Å²) in [4.78, 5) is 18.0. The summed E-state index contributed by atoms with van der Waals surface area (Å²) in [5, 5.41) is 1.93. The standard InChI is InChI=1S/C18H23ClN2O/c1-3-4-9-21(2)18(22)12-5-7-16-14(10-12)15-11-13(19)6-8-17(15)20-16/h6,8,11-12,20H,3-5,7,9-10H2,1-2H3. The summed E-state index contributed by atoms with van der Waals surface area (Å²) in [5.74, 6) is 0.391. The minimum absolute atomic E-state index is 0.104. The Labute approximate surface area is 136 Å². The minimum Gasteiger partial charge on any atom is -0.358 e. The Morgan fingerprint density at radius 1 is 1.45 bits per heavy atom. The maximum atomic E-state index is 12.6. The Kier molecular flexibility index (Phi) is 4.44. The Hall–Kier alpha value is -1.48. The number of hydrogen-bond donors (Lipinski definition) is 1. The van der Waals surface area contributed by atoms with Crippen molar-refractivity contribution in [2.45, 2.75) is 39.0 Å². The molecule has 3 nitrogen and oxygen atoms in total. The zero-order valence-electron chi connectivity index (χ0n) is 13.3. The fraction of sp³-hybridized carbons (Fsp3) is 0.500. The van der Waals surface area contributed by atoms with Crippen molar-refractivity contribution in [2.75, 3.05) is 13.6 Å². The van der Waals surface area contributed by atoms with E-state index < -0.39 is 0 Å². The highest BCUT2D eigenvalue weighted by molar-refractivity contribution is 6.31. The smallest absolute Gasteiger partial charge is 0.225 e. The molecule has 2 aromatic rings. The number of nitrogens with one attached hydrogen (secondary N) is 1. The predicted molar refractivity (Wildman–Crippen MR) is 91.4 cm³/mol. The zero-order chi connectivity index (χ0) is 15.7. The second-order valence-electron chi connectivity index (χ2n) is 6.33. The average molecular weight is 319 g/mol. The molecule has 1 aliphatic rings. The number of aromatic amines is 1. The van der Waals surface area contributed by atoms with Crippen LogP contribution in [-0.2, 0) is 17.6 Å². The Morgan fingerprint density at radius 3 is 3.05 bits per heavy atom. The molecule has 4 heteroatoms. The van der Waals surface area contributed by atoms with Crippen LogP contribution in [0.2, 0.25) is 5.02 Å². The van der Waals surface area contributed by atoms with E-state index in [-0.39, 0.29) is 11.8 Å². The lowest BCUT2D eigenvalue weighted by atomic mass is 9.85. The molecule has 1 atom stereocenters. The van der Waals surface area contributed by atoms with Crippen molar-refractivity contribution in [2.24, 2.45) is 5.92 Å². The van der Waals surface area contributed by atoms with Gasteiger partial charge in [0, 0.05) is 41.1 Å². The number of unbranched alkanes of at least 4 members (excludes halogenated alkanes) is 1. The molecule has 3 rings (SSSR count). The second kappa shape index (κ2) is 6.33. The monoisotopic (exact) mass is 318 g/mol. The fourth-order valence-electron chi connectivity index (χ4n) is 3.42. The van der Waals surface area contributed by atoms with E-state index in [2.05, 4.69) is 11.9 Å². The molecule has 0 saturated carbocycles. The highest BCUT2D eigenvalue weighted by Gasteiger charge is 2.29. The summed E-state index contributed by atoms with van der Waals surface area (Å²) in [6.07, 6.45) is 4.89. The number of nitrogens with zero attached hydrogens (tertiary/aromatic N) is 1. The summed E-state index contributed by atoms with van der Waals surface area (Å²) < 4.78 is 0. The van der Waals surface area contributed by atoms with Crippen LogP contribution in [0.15, 0.2) is 18.2 Å². The number of benzene rings is 1. The highest BCUT2D eigenvalue weighted by atomic mass is 35.5. The van der Waals surface area contributed by atoms with E-state index in [1.807, 2.05) is 30.1 Å². The number of hydrogen-bond acceptors (Lipinski definition) is 1. The van der Waals surface area contributed by atoms with Crippen molar-refractivity contribution in [3.63, 3.8) is 0 Å². The lowest BCUT2D eigenvalue weighted by Crippen LogP contribution is -2.36. The Bertz CT molecular complexity index is 692. The normalized spacial score (nSPS) is 17.5. The Balaban J connectivity index is 1.82. The van der Waals surface area contributed by atoms with Crippen LogP contribution in [0.3, 0.4) is 0 Å². The molecule has 0 saturated heterocycles. The molecule has 1 N–H and O–H groups in total. The van der Waals surface area contributed by atoms with E-state index in [1.54, 1.807) is 0 Å². The summed E-state index contributed by atoms with van der Waals surface area (Å²) in [7, 11) is 1.93. The van der Waals surface area contributed by atoms with Gasteiger partial charge in [0.2, 0.25) is 5.91 Å². The van der Waals surface area contributed by atoms with Crippen LogP contribution in [0.25, 0.3) is 10.9 Å². The molecule has 118 valence electrons. The van der Waals surface area contributed by atoms with Crippen molar-refractivity contribution in [1.82, 2.24) is 9.88 Å². The molecule has 0 radical (unpaired) electrons. The molecule has 1 aromatic carbocycles. The average Bonchev–Trinajstić information content (AvgIpc) is 2.89. The topological polar surface area (TPSA) is 36.1 Å². The van der Waals surface area contributed by atoms with Crippen LogP contribution in [-0.4, -0.2) is 29.4 Å². The number of halogens is 1. The van der Waals surface area contributed by atoms with Gasteiger partial charge in [-0.2, -0.15) is 0 Å². The van der Waals surface area contributed by atoms with E-state index in [0.29, 0.717) is 0 Å². The quantitative estimate of drug-likeness (QED) is 0.901. The van der Waals surface area contributed by atoms with Crippen molar-refractivity contribution in [1.29, 1.82) is 0 Å². The number of aromatic nitrogens is 1. The zero-order valence-corrected chi connectivity index (χ0v) is 14.0. The first-order valence-electron chi connectivity index (χ1n) is 8.14. The number of H-pyrrole nitrogens is 1. The highest BCUT2D eigenvalue weighted by Crippen LogP contribution is 2.33. The summed E-state index contributed by atoms with van der Waals surface area (Å²) in [6, 6.07) is 5.95. The lowest BCUT2D eigenvalue weighted by molar-refractivity contribution is -0.134. The first-order chi connectivity index (χ1) is 10.6. The fourth-order valence-corrected chi connectivity index (χ4v) is 3.59. The third-order valence-corrected chi connectivity index (χ3v) is 4.96. The Morgan fingerprint density at radius 2 is 2.27 bits per heavy atom. The molecule has 1 amide bonds. The first-order valence-corrected chi connectivity index (χ1v) is 8.52. The molecule has 1 aliphatic carbocycles. The van der Waals surface area contributed by atoms with E-state index >= 15 is 0 Å². The lowest BCUT2D eigenvalue weighted by Gasteiger charge is -2.26. The summed E-state index contributed by atoms with van der Waals surface area (Å²) in [5.41, 5.74) is 3.69. The van der Waals surface area contributed by atoms with Gasteiger partial charge in [0.15, 0.2) is 0 Å². The van der Waals surface area contributed by atoms with Gasteiger partial charge in [-0.1, -0.05) is 24.9 Å². The second-order valence-corrected chi connectivity index (χ2v) is 6.76. The maximum Gasteiger partial charge on any atom is 0.225 e. The first kappa shape index (κ1) is 15.4. The SMILES string of the molecule is CCCCN(C)C(=O)C1CCc2[nH]c3ccc(Cl)cc3c2C1. The van der Waals surface area contributed by atoms with Crippen molar-refractivity contribution < 1.29 is 4.79 Å². The van der Waals surface area contributed by atoms with Gasteiger partial charge in [-0.05, 0) is 49.4 Å². The van der Waals surface area contributed by atoms with Crippen LogP contribution in [0.5, 0.6) is 0 Å². The van der Waals surface area contributed by atoms with Crippen molar-refractivity contribution in [3.05, 3.63) is 34.5 Å². The molecule has 0 aliphatic heterocycles. The summed E-state index contributed by atoms with van der Waals surface area (Å²) >= 11 is 6.14. The van der Waals surface area contributed by atoms with Crippen molar-refractivity contribution in [3.8, 4) is 0 Å². The molecular weight excluding hydrogens is 296 g/mol. The summed E-state index contributed by atoms with van der Waals surface area (Å²) in [6.45, 7) is 3.01. The van der Waals surface area contributed by atoms with Crippen LogP contribution >= 0.6 is 11.6 Å². The molecule has 22 heavy (non-hydrogen) atoms. The van der Waals surface area contributed by atoms with Crippen molar-refractivity contribution >= 4 is 28.4 Å². The van der Waals surface area contributed by atoms with Crippen LogP contribution < -0.4 is 0 Å². The molecule has 0 bridgehead atoms. The van der Waals surface area contributed by atoms with Crippen LogP contribution in [0.4, 0.5) is 0 Å². The van der Waals surface area contributed by atoms with Gasteiger partial charge in [0.05, 0.1) is 0 Å². The van der Waals surface area contributed by atoms with Gasteiger partial charge in [0.1, 0.15) is 0 Å². The van der Waals surface area contributed by atoms with E-state index in [1.165, 1.54) is 16.6 Å². The van der Waals surface area contributed by atoms with Gasteiger partial charge in [-0.3, -0.25) is 4.79 Å². The number of carbonyl (C=O) groups is 1. The maximum absolute atomic E-state index is 12.6. The molecule has 1 unspecified atom stereocenters. The third-order valence-electron chi connectivity index (χ3n) is 4.72. The van der Waals surface area contributed by atoms with Gasteiger partial charge >= 0.3 is 0 Å². The molecular formula is C18H23ClN2O. The molecule has 1 aromatic heterocycles. The van der Waals surface area contributed by atoms with Gasteiger partial charge in [0.25, 0.3) is 0 Å². The molecule has 0 fully saturated rings. The predicted octanol–water partition coefficient (Wildman–Crippen LogP) is 4.18. The third kappa shape index (κ3) is 2.87. The van der Waals surface area contributed by atoms with Crippen LogP contribution in [0, 0.1) is 5.92 Å². The van der Waals surface area contributed by atoms with Gasteiger partial charge in [-0.25, -0.2) is 0 Å². The van der Waals surface area contributed by atoms with Crippen LogP contribution in [0.1, 0.15) is 37.4 Å². The number of aryl methyl sites for hydroxylation is 1. The van der Waals surface area contributed by atoms with E-state index in [9.17, 15) is 4.79 Å². The number of fused-ring (bicyclic) bond motifs is 3. The molecule has 1 heterocycles. The van der Waals surface area contributed by atoms with Gasteiger partial charge in [-0.15, -0.1) is 0 Å². The number of rotatable bonds is 4. The largest absolute Gasteiger partial charge is 0.358 e. The van der Waals surface area contributed by atoms with E-state index in [4.69, 9.17) is 11.6 Å². The number of carbonyl (C=O) groups excluding carboxylic acids is 1. The van der Waals surface area contributed by atoms with E-state index in [0.717, 1.165) is 49.2 Å². The van der Waals surface area contributed by atoms with Gasteiger partial charge < -0.3 is 9.88 Å². The molecule has 0 spiro atoms. The number of amides is 1.